The molecule has 0 fully saturated rings. The van der Waals surface area contributed by atoms with Gasteiger partial charge in [-0.3, -0.25) is 14.6 Å². The molecular formula is C28H38N2O5. The molecule has 2 aromatic rings. The number of unbranched alkanes of at least 4 members (excludes halogenated alkanes) is 1. The van der Waals surface area contributed by atoms with Gasteiger partial charge in [-0.05, 0) is 73.4 Å². The molecule has 1 aliphatic heterocycles. The van der Waals surface area contributed by atoms with Gasteiger partial charge in [-0.2, -0.15) is 0 Å². The number of carbonyl (C=O) groups excluding carboxylic acids is 1. The Morgan fingerprint density at radius 3 is 2.74 bits per heavy atom. The van der Waals surface area contributed by atoms with E-state index in [1.807, 2.05) is 42.6 Å². The van der Waals surface area contributed by atoms with Crippen LogP contribution in [0.5, 0.6) is 5.75 Å². The van der Waals surface area contributed by atoms with Crippen molar-refractivity contribution in [3.63, 3.8) is 0 Å². The maximum absolute atomic E-state index is 13.1. The first-order chi connectivity index (χ1) is 16.9. The van der Waals surface area contributed by atoms with Crippen molar-refractivity contribution in [2.24, 2.45) is 11.8 Å². The molecule has 0 saturated carbocycles. The Morgan fingerprint density at radius 2 is 2.00 bits per heavy atom. The summed E-state index contributed by atoms with van der Waals surface area (Å²) < 4.78 is 11.7. The standard InChI is InChI=1S/C28H38N2O5/c1-21(2)11-15-34-16-13-30-20-24-18-26(35-14-6-4-8-25-7-3-5-12-29-25)10-9-22(24)17-23(28(30)33)19-27(31)32/h3,5,7,9-10,12,18,21,23H,4,6,8,11,13-17,19-20H2,1-2H3,(H,31,32)/t23-/m0/s1. The Balaban J connectivity index is 1.58. The quantitative estimate of drug-likeness (QED) is 0.398. The topological polar surface area (TPSA) is 89.0 Å². The van der Waals surface area contributed by atoms with Crippen LogP contribution < -0.4 is 4.74 Å². The second-order valence-corrected chi connectivity index (χ2v) is 9.61. The lowest BCUT2D eigenvalue weighted by atomic mass is 9.94. The minimum atomic E-state index is -0.953. The predicted molar refractivity (Wildman–Crippen MR) is 134 cm³/mol. The third-order valence-corrected chi connectivity index (χ3v) is 6.25. The molecule has 0 spiro atoms. The summed E-state index contributed by atoms with van der Waals surface area (Å²) in [4.78, 5) is 30.6. The van der Waals surface area contributed by atoms with Gasteiger partial charge >= 0.3 is 5.97 Å². The van der Waals surface area contributed by atoms with Crippen LogP contribution in [0.3, 0.4) is 0 Å². The zero-order valence-corrected chi connectivity index (χ0v) is 20.9. The molecule has 190 valence electrons. The Morgan fingerprint density at radius 1 is 1.14 bits per heavy atom. The molecule has 0 radical (unpaired) electrons. The summed E-state index contributed by atoms with van der Waals surface area (Å²) >= 11 is 0. The Hall–Kier alpha value is -2.93. The van der Waals surface area contributed by atoms with Crippen molar-refractivity contribution < 1.29 is 24.2 Å². The van der Waals surface area contributed by atoms with Gasteiger partial charge in [0.2, 0.25) is 5.91 Å². The Kier molecular flexibility index (Phi) is 10.5. The lowest BCUT2D eigenvalue weighted by Gasteiger charge is -2.24. The molecule has 1 N–H and O–H groups in total. The fourth-order valence-corrected chi connectivity index (χ4v) is 4.23. The van der Waals surface area contributed by atoms with Gasteiger partial charge in [0, 0.05) is 31.6 Å². The van der Waals surface area contributed by atoms with E-state index in [2.05, 4.69) is 18.8 Å². The minimum absolute atomic E-state index is 0.118. The maximum Gasteiger partial charge on any atom is 0.304 e. The monoisotopic (exact) mass is 482 g/mol. The lowest BCUT2D eigenvalue weighted by Crippen LogP contribution is -2.37. The molecule has 7 heteroatoms. The molecule has 2 heterocycles. The van der Waals surface area contributed by atoms with Crippen LogP contribution in [0, 0.1) is 11.8 Å². The van der Waals surface area contributed by atoms with E-state index in [4.69, 9.17) is 9.47 Å². The number of rotatable bonds is 14. The Labute approximate surface area is 208 Å². The summed E-state index contributed by atoms with van der Waals surface area (Å²) in [6.07, 6.45) is 5.89. The van der Waals surface area contributed by atoms with E-state index in [-0.39, 0.29) is 12.3 Å². The van der Waals surface area contributed by atoms with Crippen LogP contribution in [0.4, 0.5) is 0 Å². The summed E-state index contributed by atoms with van der Waals surface area (Å²) in [5.41, 5.74) is 3.11. The molecule has 1 amide bonds. The van der Waals surface area contributed by atoms with Gasteiger partial charge in [0.15, 0.2) is 0 Å². The van der Waals surface area contributed by atoms with Crippen molar-refractivity contribution in [1.82, 2.24) is 9.88 Å². The molecule has 1 aromatic carbocycles. The van der Waals surface area contributed by atoms with E-state index in [0.29, 0.717) is 45.2 Å². The second-order valence-electron chi connectivity index (χ2n) is 9.61. The number of amides is 1. The molecule has 0 unspecified atom stereocenters. The van der Waals surface area contributed by atoms with E-state index < -0.39 is 11.9 Å². The lowest BCUT2D eigenvalue weighted by molar-refractivity contribution is -0.145. The summed E-state index contributed by atoms with van der Waals surface area (Å²) in [6.45, 7) is 6.90. The number of nitrogens with zero attached hydrogens (tertiary/aromatic N) is 2. The number of benzene rings is 1. The molecule has 0 aliphatic carbocycles. The first-order valence-corrected chi connectivity index (χ1v) is 12.6. The number of fused-ring (bicyclic) bond motifs is 1. The number of carboxylic acids is 1. The highest BCUT2D eigenvalue weighted by atomic mass is 16.5. The fraction of sp³-hybridized carbons (Fsp3) is 0.536. The fourth-order valence-electron chi connectivity index (χ4n) is 4.23. The van der Waals surface area contributed by atoms with Crippen molar-refractivity contribution in [3.05, 3.63) is 59.4 Å². The van der Waals surface area contributed by atoms with Crippen molar-refractivity contribution in [2.75, 3.05) is 26.4 Å². The number of aryl methyl sites for hydroxylation is 1. The van der Waals surface area contributed by atoms with Crippen molar-refractivity contribution in [1.29, 1.82) is 0 Å². The minimum Gasteiger partial charge on any atom is -0.494 e. The van der Waals surface area contributed by atoms with Crippen molar-refractivity contribution in [2.45, 2.75) is 58.9 Å². The van der Waals surface area contributed by atoms with Crippen LogP contribution in [0.25, 0.3) is 0 Å². The number of hydrogen-bond acceptors (Lipinski definition) is 5. The smallest absolute Gasteiger partial charge is 0.304 e. The zero-order chi connectivity index (χ0) is 25.0. The third-order valence-electron chi connectivity index (χ3n) is 6.25. The van der Waals surface area contributed by atoms with Gasteiger partial charge in [-0.1, -0.05) is 26.0 Å². The van der Waals surface area contributed by atoms with Crippen LogP contribution in [0.15, 0.2) is 42.6 Å². The zero-order valence-electron chi connectivity index (χ0n) is 20.9. The molecule has 1 aromatic heterocycles. The van der Waals surface area contributed by atoms with Crippen LogP contribution in [0.2, 0.25) is 0 Å². The molecule has 3 rings (SSSR count). The van der Waals surface area contributed by atoms with Crippen LogP contribution in [-0.2, 0) is 33.7 Å². The highest BCUT2D eigenvalue weighted by Crippen LogP contribution is 2.28. The number of carboxylic acid groups (broad SMARTS) is 1. The largest absolute Gasteiger partial charge is 0.494 e. The molecular weight excluding hydrogens is 444 g/mol. The first-order valence-electron chi connectivity index (χ1n) is 12.6. The van der Waals surface area contributed by atoms with E-state index in [1.165, 1.54) is 0 Å². The second kappa shape index (κ2) is 13.8. The number of carbonyl (C=O) groups is 2. The SMILES string of the molecule is CC(C)CCOCCN1Cc2cc(OCCCCc3ccccn3)ccc2C[C@@H](CC(=O)O)C1=O. The predicted octanol–water partition coefficient (Wildman–Crippen LogP) is 4.52. The maximum atomic E-state index is 13.1. The Bertz CT molecular complexity index is 948. The van der Waals surface area contributed by atoms with E-state index in [0.717, 1.165) is 48.3 Å². The summed E-state index contributed by atoms with van der Waals surface area (Å²) in [5, 5.41) is 9.35. The number of pyridine rings is 1. The summed E-state index contributed by atoms with van der Waals surface area (Å²) in [5.74, 6) is -0.296. The summed E-state index contributed by atoms with van der Waals surface area (Å²) in [7, 11) is 0. The average Bonchev–Trinajstić information content (AvgIpc) is 2.95. The molecule has 1 aliphatic rings. The number of hydrogen-bond donors (Lipinski definition) is 1. The van der Waals surface area contributed by atoms with Gasteiger partial charge in [0.25, 0.3) is 0 Å². The molecule has 1 atom stereocenters. The van der Waals surface area contributed by atoms with Crippen molar-refractivity contribution in [3.8, 4) is 5.75 Å². The number of aliphatic carboxylic acids is 1. The van der Waals surface area contributed by atoms with E-state index in [9.17, 15) is 14.7 Å². The number of aromatic nitrogens is 1. The molecule has 0 saturated heterocycles. The molecule has 7 nitrogen and oxygen atoms in total. The normalized spacial score (nSPS) is 15.7. The van der Waals surface area contributed by atoms with Gasteiger partial charge in [-0.25, -0.2) is 0 Å². The first kappa shape index (κ1) is 26.7. The van der Waals surface area contributed by atoms with Gasteiger partial charge < -0.3 is 19.5 Å². The van der Waals surface area contributed by atoms with Gasteiger partial charge in [0.05, 0.1) is 25.6 Å². The molecule has 35 heavy (non-hydrogen) atoms. The highest BCUT2D eigenvalue weighted by Gasteiger charge is 2.31. The summed E-state index contributed by atoms with van der Waals surface area (Å²) in [6, 6.07) is 11.9. The van der Waals surface area contributed by atoms with Gasteiger partial charge in [0.1, 0.15) is 5.75 Å². The molecule has 0 bridgehead atoms. The van der Waals surface area contributed by atoms with Crippen LogP contribution in [-0.4, -0.2) is 53.2 Å². The van der Waals surface area contributed by atoms with Gasteiger partial charge in [-0.15, -0.1) is 0 Å². The van der Waals surface area contributed by atoms with Crippen LogP contribution >= 0.6 is 0 Å². The number of ether oxygens (including phenoxy) is 2. The third kappa shape index (κ3) is 8.98. The van der Waals surface area contributed by atoms with E-state index >= 15 is 0 Å². The van der Waals surface area contributed by atoms with Crippen molar-refractivity contribution >= 4 is 11.9 Å². The highest BCUT2D eigenvalue weighted by molar-refractivity contribution is 5.84. The van der Waals surface area contributed by atoms with Crippen LogP contribution in [0.1, 0.15) is 56.4 Å². The van der Waals surface area contributed by atoms with E-state index in [1.54, 1.807) is 4.90 Å². The average molecular weight is 483 g/mol.